The second-order valence-electron chi connectivity index (χ2n) is 5.42. The van der Waals surface area contributed by atoms with Gasteiger partial charge in [-0.05, 0) is 36.4 Å². The van der Waals surface area contributed by atoms with Gasteiger partial charge in [0, 0.05) is 10.9 Å². The van der Waals surface area contributed by atoms with Crippen molar-refractivity contribution < 1.29 is 22.7 Å². The van der Waals surface area contributed by atoms with Gasteiger partial charge < -0.3 is 4.74 Å². The first-order valence-electron chi connectivity index (χ1n) is 7.76. The smallest absolute Gasteiger partial charge is 0.418 e. The number of ether oxygens (including phenoxy) is 1. The average molecular weight is 393 g/mol. The number of hydrogen-bond donors (Lipinski definition) is 2. The summed E-state index contributed by atoms with van der Waals surface area (Å²) in [4.78, 5) is 16.2. The van der Waals surface area contributed by atoms with Crippen LogP contribution in [0.3, 0.4) is 0 Å². The molecule has 0 aliphatic heterocycles. The quantitative estimate of drug-likeness (QED) is 0.606. The molecule has 9 heteroatoms. The topological polar surface area (TPSA) is 63.2 Å². The fourth-order valence-corrected chi connectivity index (χ4v) is 2.75. The van der Waals surface area contributed by atoms with E-state index in [-0.39, 0.29) is 11.3 Å². The van der Waals surface area contributed by atoms with Crippen molar-refractivity contribution >= 4 is 22.9 Å². The number of carbonyl (C=O) groups excluding carboxylic acids is 1. The Hall–Kier alpha value is -3.07. The van der Waals surface area contributed by atoms with E-state index in [9.17, 15) is 18.0 Å². The number of nitrogens with one attached hydrogen (secondary N) is 2. The van der Waals surface area contributed by atoms with E-state index in [4.69, 9.17) is 4.74 Å². The number of amides is 1. The Balaban J connectivity index is 1.59. The van der Waals surface area contributed by atoms with Crippen molar-refractivity contribution in [1.29, 1.82) is 0 Å². The Morgan fingerprint density at radius 3 is 2.52 bits per heavy atom. The monoisotopic (exact) mass is 393 g/mol. The lowest BCUT2D eigenvalue weighted by Gasteiger charge is -2.15. The molecule has 2 aromatic carbocycles. The van der Waals surface area contributed by atoms with E-state index >= 15 is 0 Å². The van der Waals surface area contributed by atoms with Crippen molar-refractivity contribution in [1.82, 2.24) is 10.4 Å². The number of hydrogen-bond acceptors (Lipinski definition) is 5. The fraction of sp³-hybridized carbons (Fsp3) is 0.111. The van der Waals surface area contributed by atoms with Crippen LogP contribution in [0.4, 0.5) is 18.9 Å². The van der Waals surface area contributed by atoms with E-state index in [1.54, 1.807) is 17.6 Å². The molecule has 1 heterocycles. The molecular formula is C18H14F3N3O2S. The molecule has 1 amide bonds. The van der Waals surface area contributed by atoms with Gasteiger partial charge >= 0.3 is 6.18 Å². The van der Waals surface area contributed by atoms with Crippen molar-refractivity contribution in [2.24, 2.45) is 0 Å². The standard InChI is InChI=1S/C18H14F3N3O2S/c19-18(20,21)15-3-1-2-4-16(15)23-24-17(25)12-5-7-14(8-6-12)26-9-13-10-27-11-22-13/h1-8,10-11,23H,9H2,(H,24,25). The number of halogens is 3. The second-order valence-corrected chi connectivity index (χ2v) is 6.13. The largest absolute Gasteiger partial charge is 0.487 e. The minimum Gasteiger partial charge on any atom is -0.487 e. The zero-order chi connectivity index (χ0) is 19.3. The third-order valence-corrected chi connectivity index (χ3v) is 4.17. The van der Waals surface area contributed by atoms with Crippen molar-refractivity contribution in [3.8, 4) is 5.75 Å². The van der Waals surface area contributed by atoms with Crippen molar-refractivity contribution in [2.75, 3.05) is 5.43 Å². The van der Waals surface area contributed by atoms with Gasteiger partial charge in [0.05, 0.1) is 22.5 Å². The van der Waals surface area contributed by atoms with E-state index in [1.165, 1.54) is 41.7 Å². The van der Waals surface area contributed by atoms with E-state index in [2.05, 4.69) is 15.8 Å². The zero-order valence-electron chi connectivity index (χ0n) is 13.8. The van der Waals surface area contributed by atoms with Crippen LogP contribution in [0.15, 0.2) is 59.4 Å². The summed E-state index contributed by atoms with van der Waals surface area (Å²) in [5.41, 5.74) is 6.26. The summed E-state index contributed by atoms with van der Waals surface area (Å²) >= 11 is 1.47. The van der Waals surface area contributed by atoms with Gasteiger partial charge in [0.2, 0.25) is 0 Å². The molecule has 0 atom stereocenters. The molecule has 0 saturated heterocycles. The van der Waals surface area contributed by atoms with Crippen LogP contribution in [0, 0.1) is 0 Å². The SMILES string of the molecule is O=C(NNc1ccccc1C(F)(F)F)c1ccc(OCc2cscn2)cc1. The first-order chi connectivity index (χ1) is 12.9. The summed E-state index contributed by atoms with van der Waals surface area (Å²) in [6.45, 7) is 0.310. The summed E-state index contributed by atoms with van der Waals surface area (Å²) < 4.78 is 44.4. The van der Waals surface area contributed by atoms with E-state index in [0.29, 0.717) is 12.4 Å². The van der Waals surface area contributed by atoms with Crippen molar-refractivity contribution in [3.63, 3.8) is 0 Å². The molecular weight excluding hydrogens is 379 g/mol. The summed E-state index contributed by atoms with van der Waals surface area (Å²) in [6, 6.07) is 11.1. The lowest BCUT2D eigenvalue weighted by Crippen LogP contribution is -2.30. The molecule has 27 heavy (non-hydrogen) atoms. The number of para-hydroxylation sites is 1. The van der Waals surface area contributed by atoms with Gasteiger partial charge in [-0.3, -0.25) is 15.6 Å². The Labute approximate surface area is 156 Å². The zero-order valence-corrected chi connectivity index (χ0v) is 14.6. The molecule has 0 saturated carbocycles. The molecule has 2 N–H and O–H groups in total. The lowest BCUT2D eigenvalue weighted by molar-refractivity contribution is -0.137. The van der Waals surface area contributed by atoms with E-state index < -0.39 is 17.6 Å². The highest BCUT2D eigenvalue weighted by Crippen LogP contribution is 2.34. The number of benzene rings is 2. The van der Waals surface area contributed by atoms with Crippen LogP contribution in [0.25, 0.3) is 0 Å². The number of carbonyl (C=O) groups is 1. The first-order valence-corrected chi connectivity index (χ1v) is 8.70. The summed E-state index contributed by atoms with van der Waals surface area (Å²) in [5.74, 6) is -0.0204. The summed E-state index contributed by atoms with van der Waals surface area (Å²) in [7, 11) is 0. The van der Waals surface area contributed by atoms with Gasteiger partial charge in [0.1, 0.15) is 12.4 Å². The molecule has 5 nitrogen and oxygen atoms in total. The molecule has 140 valence electrons. The van der Waals surface area contributed by atoms with Gasteiger partial charge in [0.25, 0.3) is 5.91 Å². The third kappa shape index (κ3) is 4.98. The number of rotatable bonds is 6. The second kappa shape index (κ2) is 8.09. The minimum absolute atomic E-state index is 0.235. The summed E-state index contributed by atoms with van der Waals surface area (Å²) in [6.07, 6.45) is -4.52. The lowest BCUT2D eigenvalue weighted by atomic mass is 10.2. The molecule has 0 radical (unpaired) electrons. The Bertz CT molecular complexity index is 897. The maximum absolute atomic E-state index is 12.9. The molecule has 0 aliphatic carbocycles. The Morgan fingerprint density at radius 2 is 1.85 bits per heavy atom. The number of nitrogens with zero attached hydrogens (tertiary/aromatic N) is 1. The maximum atomic E-state index is 12.9. The molecule has 0 fully saturated rings. The predicted molar refractivity (Wildman–Crippen MR) is 95.4 cm³/mol. The normalized spacial score (nSPS) is 11.1. The number of alkyl halides is 3. The molecule has 1 aromatic heterocycles. The van der Waals surface area contributed by atoms with Gasteiger partial charge in [0.15, 0.2) is 0 Å². The Morgan fingerprint density at radius 1 is 1.11 bits per heavy atom. The predicted octanol–water partition coefficient (Wildman–Crippen LogP) is 4.50. The molecule has 3 aromatic rings. The van der Waals surface area contributed by atoms with Crippen LogP contribution in [0.1, 0.15) is 21.6 Å². The molecule has 0 bridgehead atoms. The molecule has 3 rings (SSSR count). The van der Waals surface area contributed by atoms with Gasteiger partial charge in [-0.2, -0.15) is 13.2 Å². The van der Waals surface area contributed by atoms with Crippen LogP contribution < -0.4 is 15.6 Å². The van der Waals surface area contributed by atoms with Crippen molar-refractivity contribution in [3.05, 3.63) is 76.2 Å². The number of thiazole rings is 1. The van der Waals surface area contributed by atoms with Crippen LogP contribution in [-0.2, 0) is 12.8 Å². The first kappa shape index (κ1) is 18.7. The number of anilines is 1. The van der Waals surface area contributed by atoms with Gasteiger partial charge in [-0.25, -0.2) is 4.98 Å². The minimum atomic E-state index is -4.52. The number of aromatic nitrogens is 1. The average Bonchev–Trinajstić information content (AvgIpc) is 3.18. The molecule has 0 aliphatic rings. The van der Waals surface area contributed by atoms with Crippen LogP contribution in [-0.4, -0.2) is 10.9 Å². The number of hydrazine groups is 1. The van der Waals surface area contributed by atoms with E-state index in [0.717, 1.165) is 11.8 Å². The molecule has 0 unspecified atom stereocenters. The highest BCUT2D eigenvalue weighted by Gasteiger charge is 2.33. The fourth-order valence-electron chi connectivity index (χ4n) is 2.20. The van der Waals surface area contributed by atoms with Crippen molar-refractivity contribution in [2.45, 2.75) is 12.8 Å². The molecule has 0 spiro atoms. The highest BCUT2D eigenvalue weighted by atomic mass is 32.1. The van der Waals surface area contributed by atoms with Crippen LogP contribution in [0.5, 0.6) is 5.75 Å². The van der Waals surface area contributed by atoms with Crippen LogP contribution >= 0.6 is 11.3 Å². The Kier molecular flexibility index (Phi) is 5.60. The maximum Gasteiger partial charge on any atom is 0.418 e. The third-order valence-electron chi connectivity index (χ3n) is 3.53. The summed E-state index contributed by atoms with van der Waals surface area (Å²) in [5, 5.41) is 1.87. The van der Waals surface area contributed by atoms with Gasteiger partial charge in [-0.15, -0.1) is 11.3 Å². The highest BCUT2D eigenvalue weighted by molar-refractivity contribution is 7.07. The van der Waals surface area contributed by atoms with Gasteiger partial charge in [-0.1, -0.05) is 12.1 Å². The van der Waals surface area contributed by atoms with Crippen LogP contribution in [0.2, 0.25) is 0 Å². The van der Waals surface area contributed by atoms with E-state index in [1.807, 2.05) is 5.38 Å².